The molecule has 0 saturated carbocycles. The monoisotopic (exact) mass is 215 g/mol. The van der Waals surface area contributed by atoms with Crippen molar-refractivity contribution in [2.24, 2.45) is 0 Å². The van der Waals surface area contributed by atoms with E-state index in [0.29, 0.717) is 0 Å². The second kappa shape index (κ2) is 3.74. The Labute approximate surface area is 96.1 Å². The summed E-state index contributed by atoms with van der Waals surface area (Å²) < 4.78 is 0. The molecular formula is C13H17N3. The SMILES string of the molecule is Cc1cccc(-n2ncc(C(C)(C)C)n2)c1. The molecule has 0 aliphatic carbocycles. The number of aromatic nitrogens is 3. The molecule has 2 rings (SSSR count). The van der Waals surface area contributed by atoms with Crippen molar-refractivity contribution in [3.8, 4) is 5.69 Å². The number of nitrogens with zero attached hydrogens (tertiary/aromatic N) is 3. The van der Waals surface area contributed by atoms with E-state index in [4.69, 9.17) is 0 Å². The molecule has 1 heterocycles. The lowest BCUT2D eigenvalue weighted by Gasteiger charge is -2.13. The number of hydrogen-bond donors (Lipinski definition) is 0. The third-order valence-corrected chi connectivity index (χ3v) is 2.49. The summed E-state index contributed by atoms with van der Waals surface area (Å²) in [4.78, 5) is 1.69. The third-order valence-electron chi connectivity index (χ3n) is 2.49. The van der Waals surface area contributed by atoms with E-state index < -0.39 is 0 Å². The summed E-state index contributed by atoms with van der Waals surface area (Å²) in [7, 11) is 0. The fourth-order valence-corrected chi connectivity index (χ4v) is 1.48. The van der Waals surface area contributed by atoms with Crippen LogP contribution in [0.2, 0.25) is 0 Å². The highest BCUT2D eigenvalue weighted by Crippen LogP contribution is 2.19. The van der Waals surface area contributed by atoms with Gasteiger partial charge in [0.15, 0.2) is 0 Å². The maximum Gasteiger partial charge on any atom is 0.0885 e. The number of aryl methyl sites for hydroxylation is 1. The van der Waals surface area contributed by atoms with E-state index >= 15 is 0 Å². The fraction of sp³-hybridized carbons (Fsp3) is 0.385. The molecule has 0 atom stereocenters. The second-order valence-corrected chi connectivity index (χ2v) is 5.11. The van der Waals surface area contributed by atoms with Crippen LogP contribution in [-0.4, -0.2) is 15.0 Å². The summed E-state index contributed by atoms with van der Waals surface area (Å²) in [6.07, 6.45) is 1.84. The summed E-state index contributed by atoms with van der Waals surface area (Å²) in [5.74, 6) is 0. The molecule has 16 heavy (non-hydrogen) atoms. The van der Waals surface area contributed by atoms with Gasteiger partial charge < -0.3 is 0 Å². The van der Waals surface area contributed by atoms with E-state index in [-0.39, 0.29) is 5.41 Å². The van der Waals surface area contributed by atoms with Gasteiger partial charge in [0.25, 0.3) is 0 Å². The first-order valence-electron chi connectivity index (χ1n) is 5.47. The molecule has 0 radical (unpaired) electrons. The minimum atomic E-state index is 0.0437. The summed E-state index contributed by atoms with van der Waals surface area (Å²) in [6, 6.07) is 8.17. The lowest BCUT2D eigenvalue weighted by molar-refractivity contribution is 0.558. The molecule has 3 nitrogen and oxygen atoms in total. The topological polar surface area (TPSA) is 30.7 Å². The van der Waals surface area contributed by atoms with Crippen molar-refractivity contribution in [2.45, 2.75) is 33.1 Å². The molecule has 3 heteroatoms. The molecule has 0 aliphatic heterocycles. The predicted molar refractivity (Wildman–Crippen MR) is 64.8 cm³/mol. The van der Waals surface area contributed by atoms with Gasteiger partial charge in [-0.1, -0.05) is 32.9 Å². The van der Waals surface area contributed by atoms with E-state index in [0.717, 1.165) is 11.4 Å². The van der Waals surface area contributed by atoms with Crippen molar-refractivity contribution < 1.29 is 0 Å². The van der Waals surface area contributed by atoms with E-state index in [1.54, 1.807) is 4.80 Å². The highest BCUT2D eigenvalue weighted by molar-refractivity contribution is 5.33. The minimum Gasteiger partial charge on any atom is -0.157 e. The number of rotatable bonds is 1. The standard InChI is InChI=1S/C13H17N3/c1-10-6-5-7-11(8-10)16-14-9-12(15-16)13(2,3)4/h5-9H,1-4H3. The van der Waals surface area contributed by atoms with Gasteiger partial charge in [-0.15, -0.1) is 0 Å². The minimum absolute atomic E-state index is 0.0437. The van der Waals surface area contributed by atoms with Crippen molar-refractivity contribution in [3.05, 3.63) is 41.7 Å². The average molecular weight is 215 g/mol. The maximum atomic E-state index is 4.50. The molecule has 0 N–H and O–H groups in total. The van der Waals surface area contributed by atoms with Gasteiger partial charge in [-0.25, -0.2) is 0 Å². The Bertz CT molecular complexity index is 492. The van der Waals surface area contributed by atoms with Crippen LogP contribution in [0.1, 0.15) is 32.0 Å². The first kappa shape index (κ1) is 10.9. The molecule has 84 valence electrons. The van der Waals surface area contributed by atoms with Gasteiger partial charge in [0.1, 0.15) is 0 Å². The van der Waals surface area contributed by atoms with Crippen LogP contribution < -0.4 is 0 Å². The highest BCUT2D eigenvalue weighted by Gasteiger charge is 2.17. The van der Waals surface area contributed by atoms with Crippen LogP contribution in [-0.2, 0) is 5.41 Å². The first-order valence-corrected chi connectivity index (χ1v) is 5.47. The van der Waals surface area contributed by atoms with Crippen LogP contribution in [0.4, 0.5) is 0 Å². The lowest BCUT2D eigenvalue weighted by Crippen LogP contribution is -2.12. The molecule has 0 amide bonds. The number of benzene rings is 1. The Hall–Kier alpha value is -1.64. The summed E-state index contributed by atoms with van der Waals surface area (Å²) in [6.45, 7) is 8.48. The van der Waals surface area contributed by atoms with E-state index in [1.165, 1.54) is 5.56 Å². The Morgan fingerprint density at radius 1 is 1.19 bits per heavy atom. The first-order chi connectivity index (χ1) is 7.47. The summed E-state index contributed by atoms with van der Waals surface area (Å²) in [5.41, 5.74) is 3.28. The Kier molecular flexibility index (Phi) is 2.54. The predicted octanol–water partition coefficient (Wildman–Crippen LogP) is 2.87. The molecule has 1 aromatic carbocycles. The zero-order valence-electron chi connectivity index (χ0n) is 10.2. The second-order valence-electron chi connectivity index (χ2n) is 5.11. The smallest absolute Gasteiger partial charge is 0.0885 e. The largest absolute Gasteiger partial charge is 0.157 e. The van der Waals surface area contributed by atoms with Crippen molar-refractivity contribution >= 4 is 0 Å². The molecule has 0 spiro atoms. The van der Waals surface area contributed by atoms with Crippen LogP contribution in [0.25, 0.3) is 5.69 Å². The highest BCUT2D eigenvalue weighted by atomic mass is 15.5. The molecule has 1 aromatic heterocycles. The van der Waals surface area contributed by atoms with Gasteiger partial charge in [-0.2, -0.15) is 15.0 Å². The summed E-state index contributed by atoms with van der Waals surface area (Å²) >= 11 is 0. The van der Waals surface area contributed by atoms with Gasteiger partial charge >= 0.3 is 0 Å². The molecule has 0 saturated heterocycles. The van der Waals surface area contributed by atoms with Crippen LogP contribution in [0.15, 0.2) is 30.5 Å². The number of hydrogen-bond acceptors (Lipinski definition) is 2. The van der Waals surface area contributed by atoms with Crippen LogP contribution in [0, 0.1) is 6.92 Å². The molecule has 2 aromatic rings. The Balaban J connectivity index is 2.39. The fourth-order valence-electron chi connectivity index (χ4n) is 1.48. The molecule has 0 bridgehead atoms. The third kappa shape index (κ3) is 2.13. The van der Waals surface area contributed by atoms with E-state index in [9.17, 15) is 0 Å². The quantitative estimate of drug-likeness (QED) is 0.732. The molecule has 0 unspecified atom stereocenters. The van der Waals surface area contributed by atoms with Gasteiger partial charge in [-0.3, -0.25) is 0 Å². The maximum absolute atomic E-state index is 4.50. The molecular weight excluding hydrogens is 198 g/mol. The molecule has 0 fully saturated rings. The van der Waals surface area contributed by atoms with Crippen molar-refractivity contribution in [1.29, 1.82) is 0 Å². The average Bonchev–Trinajstić information content (AvgIpc) is 2.65. The molecule has 0 aliphatic rings. The normalized spacial score (nSPS) is 11.8. The Morgan fingerprint density at radius 2 is 1.94 bits per heavy atom. The lowest BCUT2D eigenvalue weighted by atomic mass is 9.93. The van der Waals surface area contributed by atoms with Crippen molar-refractivity contribution in [1.82, 2.24) is 15.0 Å². The zero-order valence-corrected chi connectivity index (χ0v) is 10.2. The van der Waals surface area contributed by atoms with Gasteiger partial charge in [0.2, 0.25) is 0 Å². The summed E-state index contributed by atoms with van der Waals surface area (Å²) in [5, 5.41) is 8.80. The van der Waals surface area contributed by atoms with Crippen LogP contribution >= 0.6 is 0 Å². The van der Waals surface area contributed by atoms with Gasteiger partial charge in [-0.05, 0) is 24.6 Å². The van der Waals surface area contributed by atoms with E-state index in [2.05, 4.69) is 50.0 Å². The van der Waals surface area contributed by atoms with Gasteiger partial charge in [0, 0.05) is 5.41 Å². The van der Waals surface area contributed by atoms with Crippen molar-refractivity contribution in [3.63, 3.8) is 0 Å². The van der Waals surface area contributed by atoms with Gasteiger partial charge in [0.05, 0.1) is 17.6 Å². The van der Waals surface area contributed by atoms with Crippen molar-refractivity contribution in [2.75, 3.05) is 0 Å². The zero-order chi connectivity index (χ0) is 11.8. The Morgan fingerprint density at radius 3 is 2.50 bits per heavy atom. The van der Waals surface area contributed by atoms with E-state index in [1.807, 2.05) is 18.3 Å². The van der Waals surface area contributed by atoms with Crippen LogP contribution in [0.5, 0.6) is 0 Å². The van der Waals surface area contributed by atoms with Crippen LogP contribution in [0.3, 0.4) is 0 Å².